The Balaban J connectivity index is 1.41. The normalized spacial score (nSPS) is 21.2. The molecule has 6 nitrogen and oxygen atoms in total. The highest BCUT2D eigenvalue weighted by atomic mass is 16.6. The number of fused-ring (bicyclic) bond motifs is 1. The van der Waals surface area contributed by atoms with E-state index in [1.165, 1.54) is 0 Å². The van der Waals surface area contributed by atoms with Crippen LogP contribution in [-0.2, 0) is 11.3 Å². The minimum atomic E-state index is -0.469. The molecular formula is C23H29N3O3. The van der Waals surface area contributed by atoms with E-state index in [2.05, 4.69) is 16.0 Å². The van der Waals surface area contributed by atoms with Crippen molar-refractivity contribution in [2.45, 2.75) is 45.4 Å². The summed E-state index contributed by atoms with van der Waals surface area (Å²) in [6, 6.07) is 12.5. The first-order valence-corrected chi connectivity index (χ1v) is 10.3. The lowest BCUT2D eigenvalue weighted by molar-refractivity contribution is 0.0284. The number of rotatable bonds is 4. The zero-order valence-corrected chi connectivity index (χ0v) is 17.4. The predicted octanol–water partition coefficient (Wildman–Crippen LogP) is 4.11. The molecule has 2 fully saturated rings. The number of ether oxygens (including phenoxy) is 2. The van der Waals surface area contributed by atoms with E-state index in [-0.39, 0.29) is 6.09 Å². The molecule has 4 rings (SSSR count). The fourth-order valence-corrected chi connectivity index (χ4v) is 4.14. The van der Waals surface area contributed by atoms with Crippen LogP contribution in [0.5, 0.6) is 5.75 Å². The second kappa shape index (κ2) is 7.93. The van der Waals surface area contributed by atoms with Gasteiger partial charge in [-0.25, -0.2) is 4.79 Å². The lowest BCUT2D eigenvalue weighted by Crippen LogP contribution is -2.39. The number of likely N-dealkylation sites (tertiary alicyclic amines) is 1. The van der Waals surface area contributed by atoms with Crippen molar-refractivity contribution in [3.8, 4) is 5.75 Å². The van der Waals surface area contributed by atoms with Gasteiger partial charge in [0.15, 0.2) is 0 Å². The third-order valence-electron chi connectivity index (χ3n) is 5.48. The zero-order chi connectivity index (χ0) is 20.4. The number of amides is 1. The monoisotopic (exact) mass is 395 g/mol. The van der Waals surface area contributed by atoms with Gasteiger partial charge in [0, 0.05) is 31.6 Å². The summed E-state index contributed by atoms with van der Waals surface area (Å²) in [5.74, 6) is 1.23. The van der Waals surface area contributed by atoms with Gasteiger partial charge < -0.3 is 19.3 Å². The van der Waals surface area contributed by atoms with Crippen LogP contribution in [0.4, 0.5) is 10.5 Å². The second-order valence-electron chi connectivity index (χ2n) is 8.85. The van der Waals surface area contributed by atoms with Gasteiger partial charge in [-0.2, -0.15) is 0 Å². The summed E-state index contributed by atoms with van der Waals surface area (Å²) in [5, 5.41) is 0. The fourth-order valence-electron chi connectivity index (χ4n) is 4.14. The molecular weight excluding hydrogens is 366 g/mol. The van der Waals surface area contributed by atoms with Crippen LogP contribution < -0.4 is 9.64 Å². The van der Waals surface area contributed by atoms with Gasteiger partial charge in [-0.3, -0.25) is 4.98 Å². The largest absolute Gasteiger partial charge is 0.487 e. The van der Waals surface area contributed by atoms with Gasteiger partial charge in [0.1, 0.15) is 18.0 Å². The summed E-state index contributed by atoms with van der Waals surface area (Å²) in [6.07, 6.45) is 4.49. The Hall–Kier alpha value is -2.76. The predicted molar refractivity (Wildman–Crippen MR) is 112 cm³/mol. The summed E-state index contributed by atoms with van der Waals surface area (Å²) in [5.41, 5.74) is 1.71. The number of pyridine rings is 1. The molecule has 29 heavy (non-hydrogen) atoms. The van der Waals surface area contributed by atoms with E-state index in [1.807, 2.05) is 62.2 Å². The maximum atomic E-state index is 12.5. The van der Waals surface area contributed by atoms with Gasteiger partial charge in [0.05, 0.1) is 24.1 Å². The van der Waals surface area contributed by atoms with Gasteiger partial charge >= 0.3 is 6.09 Å². The molecule has 2 unspecified atom stereocenters. The number of nitrogens with zero attached hydrogens (tertiary/aromatic N) is 3. The van der Waals surface area contributed by atoms with E-state index in [0.717, 1.165) is 36.5 Å². The van der Waals surface area contributed by atoms with Crippen LogP contribution in [0.25, 0.3) is 0 Å². The van der Waals surface area contributed by atoms with E-state index in [0.29, 0.717) is 25.1 Å². The molecule has 2 atom stereocenters. The third-order valence-corrected chi connectivity index (χ3v) is 5.48. The standard InChI is InChI=1S/C23H29N3O3/c1-23(2,3)29-22(27)25-14-18-9-10-26(21(18)15-25)19-11-20(13-24-12-19)28-16-17-7-5-4-6-8-17/h4-8,11-13,18,21H,9-10,14-16H2,1-3H3. The Morgan fingerprint density at radius 2 is 1.97 bits per heavy atom. The molecule has 0 saturated carbocycles. The highest BCUT2D eigenvalue weighted by Crippen LogP contribution is 2.36. The lowest BCUT2D eigenvalue weighted by Gasteiger charge is -2.28. The van der Waals surface area contributed by atoms with E-state index in [4.69, 9.17) is 9.47 Å². The molecule has 1 amide bonds. The minimum Gasteiger partial charge on any atom is -0.487 e. The van der Waals surface area contributed by atoms with Crippen LogP contribution in [0.15, 0.2) is 48.8 Å². The topological polar surface area (TPSA) is 54.9 Å². The van der Waals surface area contributed by atoms with Gasteiger partial charge in [0.25, 0.3) is 0 Å². The van der Waals surface area contributed by atoms with Crippen LogP contribution in [0, 0.1) is 5.92 Å². The molecule has 2 aliphatic rings. The summed E-state index contributed by atoms with van der Waals surface area (Å²) in [4.78, 5) is 21.1. The first kappa shape index (κ1) is 19.6. The highest BCUT2D eigenvalue weighted by molar-refractivity contribution is 5.69. The first-order valence-electron chi connectivity index (χ1n) is 10.3. The van der Waals surface area contributed by atoms with Crippen molar-refractivity contribution in [3.63, 3.8) is 0 Å². The molecule has 0 radical (unpaired) electrons. The average molecular weight is 396 g/mol. The number of carbonyl (C=O) groups is 1. The summed E-state index contributed by atoms with van der Waals surface area (Å²) in [6.45, 7) is 8.65. The van der Waals surface area contributed by atoms with Crippen molar-refractivity contribution >= 4 is 11.8 Å². The molecule has 2 saturated heterocycles. The van der Waals surface area contributed by atoms with Gasteiger partial charge in [-0.05, 0) is 32.8 Å². The molecule has 0 aliphatic carbocycles. The Bertz CT molecular complexity index is 850. The SMILES string of the molecule is CC(C)(C)OC(=O)N1CC2CCN(c3cncc(OCc4ccccc4)c3)C2C1. The molecule has 6 heteroatoms. The summed E-state index contributed by atoms with van der Waals surface area (Å²) in [7, 11) is 0. The number of anilines is 1. The number of aromatic nitrogens is 1. The average Bonchev–Trinajstić information content (AvgIpc) is 3.27. The Morgan fingerprint density at radius 3 is 2.72 bits per heavy atom. The molecule has 0 N–H and O–H groups in total. The van der Waals surface area contributed by atoms with Crippen LogP contribution in [0.2, 0.25) is 0 Å². The number of hydrogen-bond donors (Lipinski definition) is 0. The van der Waals surface area contributed by atoms with Gasteiger partial charge in [-0.15, -0.1) is 0 Å². The van der Waals surface area contributed by atoms with Gasteiger partial charge in [-0.1, -0.05) is 30.3 Å². The third kappa shape index (κ3) is 4.63. The van der Waals surface area contributed by atoms with Crippen molar-refractivity contribution in [2.24, 2.45) is 5.92 Å². The van der Waals surface area contributed by atoms with Crippen molar-refractivity contribution < 1.29 is 14.3 Å². The summed E-state index contributed by atoms with van der Waals surface area (Å²) >= 11 is 0. The summed E-state index contributed by atoms with van der Waals surface area (Å²) < 4.78 is 11.5. The molecule has 2 aromatic rings. The molecule has 0 bridgehead atoms. The van der Waals surface area contributed by atoms with E-state index in [9.17, 15) is 4.79 Å². The Morgan fingerprint density at radius 1 is 1.17 bits per heavy atom. The number of carbonyl (C=O) groups excluding carboxylic acids is 1. The van der Waals surface area contributed by atoms with Gasteiger partial charge in [0.2, 0.25) is 0 Å². The van der Waals surface area contributed by atoms with Crippen LogP contribution in [0.3, 0.4) is 0 Å². The van der Waals surface area contributed by atoms with E-state index >= 15 is 0 Å². The lowest BCUT2D eigenvalue weighted by atomic mass is 10.1. The molecule has 3 heterocycles. The smallest absolute Gasteiger partial charge is 0.410 e. The molecule has 1 aromatic heterocycles. The number of benzene rings is 1. The van der Waals surface area contributed by atoms with Crippen LogP contribution >= 0.6 is 0 Å². The van der Waals surface area contributed by atoms with Crippen molar-refractivity contribution in [1.82, 2.24) is 9.88 Å². The van der Waals surface area contributed by atoms with Crippen LogP contribution in [-0.4, -0.2) is 47.3 Å². The zero-order valence-electron chi connectivity index (χ0n) is 17.4. The first-order chi connectivity index (χ1) is 13.9. The minimum absolute atomic E-state index is 0.218. The Kier molecular flexibility index (Phi) is 5.35. The maximum Gasteiger partial charge on any atom is 0.410 e. The molecule has 1 aromatic carbocycles. The van der Waals surface area contributed by atoms with E-state index < -0.39 is 5.60 Å². The maximum absolute atomic E-state index is 12.5. The Labute approximate surface area is 172 Å². The molecule has 2 aliphatic heterocycles. The second-order valence-corrected chi connectivity index (χ2v) is 8.85. The number of hydrogen-bond acceptors (Lipinski definition) is 5. The molecule has 154 valence electrons. The fraction of sp³-hybridized carbons (Fsp3) is 0.478. The quantitative estimate of drug-likeness (QED) is 0.780. The molecule has 0 spiro atoms. The van der Waals surface area contributed by atoms with Crippen molar-refractivity contribution in [1.29, 1.82) is 0 Å². The van der Waals surface area contributed by atoms with Crippen molar-refractivity contribution in [3.05, 3.63) is 54.4 Å². The van der Waals surface area contributed by atoms with Crippen LogP contribution in [0.1, 0.15) is 32.8 Å². The van der Waals surface area contributed by atoms with Crippen molar-refractivity contribution in [2.75, 3.05) is 24.5 Å². The highest BCUT2D eigenvalue weighted by Gasteiger charge is 2.44. The van der Waals surface area contributed by atoms with E-state index in [1.54, 1.807) is 6.20 Å².